The number of rotatable bonds is 7. The van der Waals surface area contributed by atoms with Crippen LogP contribution in [-0.2, 0) is 19.1 Å². The van der Waals surface area contributed by atoms with Gasteiger partial charge in [-0.1, -0.05) is 30.3 Å². The number of hydrogen-bond acceptors (Lipinski definition) is 6. The van der Waals surface area contributed by atoms with Crippen LogP contribution in [0.2, 0.25) is 0 Å². The van der Waals surface area contributed by atoms with Gasteiger partial charge in [-0.05, 0) is 49.9 Å². The lowest BCUT2D eigenvalue weighted by atomic mass is 9.84. The number of nitrogens with one attached hydrogen (secondary N) is 2. The van der Waals surface area contributed by atoms with Crippen LogP contribution in [0.25, 0.3) is 0 Å². The average molecular weight is 495 g/mol. The van der Waals surface area contributed by atoms with E-state index in [4.69, 9.17) is 14.2 Å². The number of hydrogen-bond donors (Lipinski definition) is 3. The Hall–Kier alpha value is -2.94. The standard InChI is InChI=1S/C28H34N2O6/c1-17(18-5-3-2-4-6-18)29-26(32)15-21-14-23-22-13-20(30-28(33)19-9-11-34-12-10-19)7-8-24(22)36-27(23)25(16-31)35-21/h2-8,13,17,19,21,23,25,27,31H,9-12,14-16H2,1H3,(H,29,32)(H,30,33)/t17-,21-,23+,25-,27-/m0/s1. The number of carbonyl (C=O) groups excluding carboxylic acids is 2. The van der Waals surface area contributed by atoms with E-state index in [1.165, 1.54) is 0 Å². The number of ether oxygens (including phenoxy) is 3. The zero-order valence-corrected chi connectivity index (χ0v) is 20.5. The molecule has 2 amide bonds. The molecule has 8 nitrogen and oxygen atoms in total. The molecule has 5 rings (SSSR count). The van der Waals surface area contributed by atoms with Crippen molar-refractivity contribution in [3.8, 4) is 5.75 Å². The minimum absolute atomic E-state index is 0.0102. The molecule has 2 saturated heterocycles. The summed E-state index contributed by atoms with van der Waals surface area (Å²) in [6.45, 7) is 2.99. The highest BCUT2D eigenvalue weighted by Gasteiger charge is 2.46. The highest BCUT2D eigenvalue weighted by molar-refractivity contribution is 5.92. The molecule has 0 spiro atoms. The second-order valence-corrected chi connectivity index (χ2v) is 9.94. The third kappa shape index (κ3) is 5.40. The first-order valence-electron chi connectivity index (χ1n) is 12.8. The molecule has 8 heteroatoms. The van der Waals surface area contributed by atoms with E-state index in [1.54, 1.807) is 0 Å². The van der Waals surface area contributed by atoms with Crippen LogP contribution in [0, 0.1) is 5.92 Å². The van der Waals surface area contributed by atoms with Crippen LogP contribution in [0.5, 0.6) is 5.75 Å². The predicted octanol–water partition coefficient (Wildman–Crippen LogP) is 3.31. The SMILES string of the molecule is C[C@H](NC(=O)C[C@@H]1C[C@@H]2c3cc(NC(=O)C4CCOCC4)ccc3O[C@@H]2[C@H](CO)O1)c1ccccc1. The minimum atomic E-state index is -0.527. The molecule has 3 aliphatic heterocycles. The highest BCUT2D eigenvalue weighted by atomic mass is 16.6. The quantitative estimate of drug-likeness (QED) is 0.545. The Labute approximate surface area is 211 Å². The largest absolute Gasteiger partial charge is 0.487 e. The molecule has 0 radical (unpaired) electrons. The van der Waals surface area contributed by atoms with Crippen LogP contribution in [0.1, 0.15) is 55.7 Å². The summed E-state index contributed by atoms with van der Waals surface area (Å²) < 4.78 is 17.6. The second kappa shape index (κ2) is 11.0. The fourth-order valence-corrected chi connectivity index (χ4v) is 5.50. The van der Waals surface area contributed by atoms with Crippen LogP contribution in [0.15, 0.2) is 48.5 Å². The maximum absolute atomic E-state index is 12.8. The zero-order chi connectivity index (χ0) is 25.1. The van der Waals surface area contributed by atoms with Crippen molar-refractivity contribution in [1.29, 1.82) is 0 Å². The highest BCUT2D eigenvalue weighted by Crippen LogP contribution is 2.47. The van der Waals surface area contributed by atoms with E-state index in [2.05, 4.69) is 10.6 Å². The molecule has 3 aliphatic rings. The average Bonchev–Trinajstić information content (AvgIpc) is 3.27. The monoisotopic (exact) mass is 494 g/mol. The van der Waals surface area contributed by atoms with Gasteiger partial charge in [0, 0.05) is 36.3 Å². The number of aliphatic hydroxyl groups is 1. The topological polar surface area (TPSA) is 106 Å². The Kier molecular flexibility index (Phi) is 7.55. The molecule has 5 atom stereocenters. The van der Waals surface area contributed by atoms with Gasteiger partial charge in [0.15, 0.2) is 0 Å². The number of aliphatic hydroxyl groups excluding tert-OH is 1. The van der Waals surface area contributed by atoms with Crippen molar-refractivity contribution < 1.29 is 28.9 Å². The van der Waals surface area contributed by atoms with E-state index in [1.807, 2.05) is 55.5 Å². The van der Waals surface area contributed by atoms with Gasteiger partial charge in [-0.3, -0.25) is 9.59 Å². The molecular weight excluding hydrogens is 460 g/mol. The Morgan fingerprint density at radius 2 is 1.89 bits per heavy atom. The normalized spacial score (nSPS) is 26.3. The predicted molar refractivity (Wildman–Crippen MR) is 134 cm³/mol. The van der Waals surface area contributed by atoms with Crippen molar-refractivity contribution in [2.75, 3.05) is 25.1 Å². The van der Waals surface area contributed by atoms with E-state index in [9.17, 15) is 14.7 Å². The van der Waals surface area contributed by atoms with Crippen molar-refractivity contribution in [3.63, 3.8) is 0 Å². The molecule has 0 aromatic heterocycles. The Morgan fingerprint density at radius 1 is 1.11 bits per heavy atom. The zero-order valence-electron chi connectivity index (χ0n) is 20.5. The summed E-state index contributed by atoms with van der Waals surface area (Å²) >= 11 is 0. The van der Waals surface area contributed by atoms with Crippen molar-refractivity contribution in [3.05, 3.63) is 59.7 Å². The maximum atomic E-state index is 12.8. The molecule has 2 aromatic rings. The van der Waals surface area contributed by atoms with Gasteiger partial charge in [0.05, 0.1) is 25.2 Å². The van der Waals surface area contributed by atoms with Crippen LogP contribution in [0.3, 0.4) is 0 Å². The van der Waals surface area contributed by atoms with Gasteiger partial charge in [0.2, 0.25) is 11.8 Å². The number of carbonyl (C=O) groups is 2. The summed E-state index contributed by atoms with van der Waals surface area (Å²) in [5, 5.41) is 16.1. The lowest BCUT2D eigenvalue weighted by Gasteiger charge is -2.37. The molecule has 2 fully saturated rings. The fourth-order valence-electron chi connectivity index (χ4n) is 5.50. The maximum Gasteiger partial charge on any atom is 0.227 e. The molecule has 0 saturated carbocycles. The summed E-state index contributed by atoms with van der Waals surface area (Å²) in [6, 6.07) is 15.4. The van der Waals surface area contributed by atoms with E-state index >= 15 is 0 Å². The Bertz CT molecular complexity index is 1070. The molecule has 0 bridgehead atoms. The molecule has 0 unspecified atom stereocenters. The lowest BCUT2D eigenvalue weighted by molar-refractivity contribution is -0.142. The summed E-state index contributed by atoms with van der Waals surface area (Å²) in [7, 11) is 0. The van der Waals surface area contributed by atoms with Gasteiger partial charge in [-0.25, -0.2) is 0 Å². The second-order valence-electron chi connectivity index (χ2n) is 9.94. The van der Waals surface area contributed by atoms with Crippen molar-refractivity contribution in [1.82, 2.24) is 5.32 Å². The Morgan fingerprint density at radius 3 is 2.64 bits per heavy atom. The minimum Gasteiger partial charge on any atom is -0.487 e. The third-order valence-corrected chi connectivity index (χ3v) is 7.45. The van der Waals surface area contributed by atoms with Gasteiger partial charge in [-0.2, -0.15) is 0 Å². The van der Waals surface area contributed by atoms with Crippen LogP contribution < -0.4 is 15.4 Å². The number of anilines is 1. The van der Waals surface area contributed by atoms with Crippen LogP contribution in [0.4, 0.5) is 5.69 Å². The summed E-state index contributed by atoms with van der Waals surface area (Å²) in [5.74, 6) is 0.576. The molecule has 3 N–H and O–H groups in total. The number of amides is 2. The third-order valence-electron chi connectivity index (χ3n) is 7.45. The van der Waals surface area contributed by atoms with E-state index < -0.39 is 6.10 Å². The molecule has 36 heavy (non-hydrogen) atoms. The van der Waals surface area contributed by atoms with Crippen molar-refractivity contribution in [2.24, 2.45) is 5.92 Å². The lowest BCUT2D eigenvalue weighted by Crippen LogP contribution is -2.47. The molecular formula is C28H34N2O6. The van der Waals surface area contributed by atoms with Gasteiger partial charge in [0.25, 0.3) is 0 Å². The van der Waals surface area contributed by atoms with Crippen molar-refractivity contribution in [2.45, 2.75) is 62.9 Å². The Balaban J connectivity index is 1.25. The molecule has 0 aliphatic carbocycles. The van der Waals surface area contributed by atoms with E-state index in [0.29, 0.717) is 19.6 Å². The first kappa shape index (κ1) is 24.7. The van der Waals surface area contributed by atoms with Gasteiger partial charge in [0.1, 0.15) is 18.0 Å². The van der Waals surface area contributed by atoms with E-state index in [-0.39, 0.29) is 54.9 Å². The summed E-state index contributed by atoms with van der Waals surface area (Å²) in [4.78, 5) is 25.5. The number of fused-ring (bicyclic) bond motifs is 3. The van der Waals surface area contributed by atoms with Crippen LogP contribution in [-0.4, -0.2) is 55.1 Å². The summed E-state index contributed by atoms with van der Waals surface area (Å²) in [5.41, 5.74) is 2.75. The first-order chi connectivity index (χ1) is 17.5. The van der Waals surface area contributed by atoms with Gasteiger partial charge < -0.3 is 30.0 Å². The summed E-state index contributed by atoms with van der Waals surface area (Å²) in [6.07, 6.45) is 1.06. The van der Waals surface area contributed by atoms with Crippen LogP contribution >= 0.6 is 0 Å². The number of benzene rings is 2. The molecule has 3 heterocycles. The molecule has 2 aromatic carbocycles. The van der Waals surface area contributed by atoms with Gasteiger partial charge >= 0.3 is 0 Å². The first-order valence-corrected chi connectivity index (χ1v) is 12.8. The molecule has 192 valence electrons. The fraction of sp³-hybridized carbons (Fsp3) is 0.500. The smallest absolute Gasteiger partial charge is 0.227 e. The van der Waals surface area contributed by atoms with E-state index in [0.717, 1.165) is 35.4 Å². The van der Waals surface area contributed by atoms with Crippen molar-refractivity contribution >= 4 is 17.5 Å². The van der Waals surface area contributed by atoms with Gasteiger partial charge in [-0.15, -0.1) is 0 Å².